The van der Waals surface area contributed by atoms with Crippen molar-refractivity contribution in [2.45, 2.75) is 12.5 Å². The minimum atomic E-state index is -1.11. The molecule has 4 nitrogen and oxygen atoms in total. The number of hydrogen-bond acceptors (Lipinski definition) is 3. The third-order valence-corrected chi connectivity index (χ3v) is 3.19. The van der Waals surface area contributed by atoms with Gasteiger partial charge in [-0.2, -0.15) is 0 Å². The molecule has 0 fully saturated rings. The average Bonchev–Trinajstić information content (AvgIpc) is 2.48. The predicted octanol–water partition coefficient (Wildman–Crippen LogP) is 2.51. The van der Waals surface area contributed by atoms with Gasteiger partial charge in [-0.05, 0) is 36.8 Å². The zero-order chi connectivity index (χ0) is 14.6. The molecule has 0 bridgehead atoms. The number of rotatable bonds is 4. The maximum Gasteiger partial charge on any atom is 0.248 e. The van der Waals surface area contributed by atoms with Gasteiger partial charge in [-0.1, -0.05) is 30.3 Å². The third kappa shape index (κ3) is 2.97. The van der Waals surface area contributed by atoms with Crippen LogP contribution in [0.2, 0.25) is 0 Å². The number of anilines is 1. The fraction of sp³-hybridized carbons (Fsp3) is 0.188. The van der Waals surface area contributed by atoms with E-state index in [0.29, 0.717) is 0 Å². The van der Waals surface area contributed by atoms with Crippen molar-refractivity contribution in [1.29, 1.82) is 0 Å². The fourth-order valence-electron chi connectivity index (χ4n) is 1.85. The smallest absolute Gasteiger partial charge is 0.248 e. The van der Waals surface area contributed by atoms with Crippen LogP contribution in [-0.2, 0) is 10.3 Å². The average molecular weight is 270 g/mol. The van der Waals surface area contributed by atoms with Crippen molar-refractivity contribution in [1.82, 2.24) is 0 Å². The van der Waals surface area contributed by atoms with Crippen molar-refractivity contribution in [3.05, 3.63) is 60.2 Å². The Hall–Kier alpha value is -2.33. The second-order valence-electron chi connectivity index (χ2n) is 4.75. The number of hydrogen-bond donors (Lipinski definition) is 2. The highest BCUT2D eigenvalue weighted by molar-refractivity contribution is 5.98. The van der Waals surface area contributed by atoms with E-state index in [2.05, 4.69) is 5.32 Å². The molecule has 0 spiro atoms. The van der Waals surface area contributed by atoms with Gasteiger partial charge in [-0.15, -0.1) is 0 Å². The van der Waals surface area contributed by atoms with Gasteiger partial charge in [-0.3, -0.25) is 4.79 Å². The van der Waals surface area contributed by atoms with Gasteiger partial charge < -0.3 is 15.8 Å². The van der Waals surface area contributed by atoms with E-state index in [-0.39, 0.29) is 5.91 Å². The van der Waals surface area contributed by atoms with Crippen molar-refractivity contribution in [2.75, 3.05) is 12.4 Å². The number of benzene rings is 2. The number of nitrogens with one attached hydrogen (secondary N) is 1. The first-order chi connectivity index (χ1) is 9.54. The quantitative estimate of drug-likeness (QED) is 0.897. The van der Waals surface area contributed by atoms with E-state index in [1.165, 1.54) is 0 Å². The SMILES string of the molecule is COc1ccc([C@](C)(N)C(=O)Nc2ccccc2)cc1. The molecular weight excluding hydrogens is 252 g/mol. The van der Waals surface area contributed by atoms with E-state index < -0.39 is 5.54 Å². The van der Waals surface area contributed by atoms with Crippen LogP contribution in [0.25, 0.3) is 0 Å². The Morgan fingerprint density at radius 2 is 1.70 bits per heavy atom. The van der Waals surface area contributed by atoms with Crippen LogP contribution in [0.1, 0.15) is 12.5 Å². The summed E-state index contributed by atoms with van der Waals surface area (Å²) in [6.45, 7) is 1.69. The van der Waals surface area contributed by atoms with Crippen LogP contribution in [0.4, 0.5) is 5.69 Å². The third-order valence-electron chi connectivity index (χ3n) is 3.19. The summed E-state index contributed by atoms with van der Waals surface area (Å²) in [5.74, 6) is 0.474. The maximum atomic E-state index is 12.3. The van der Waals surface area contributed by atoms with Crippen molar-refractivity contribution in [3.8, 4) is 5.75 Å². The summed E-state index contributed by atoms with van der Waals surface area (Å²) in [7, 11) is 1.60. The number of carbonyl (C=O) groups excluding carboxylic acids is 1. The highest BCUT2D eigenvalue weighted by Crippen LogP contribution is 2.22. The maximum absolute atomic E-state index is 12.3. The summed E-state index contributed by atoms with van der Waals surface area (Å²) in [4.78, 5) is 12.3. The van der Waals surface area contributed by atoms with Crippen LogP contribution in [0.15, 0.2) is 54.6 Å². The Balaban J connectivity index is 2.18. The predicted molar refractivity (Wildman–Crippen MR) is 79.6 cm³/mol. The molecule has 1 atom stereocenters. The van der Waals surface area contributed by atoms with E-state index in [1.54, 1.807) is 38.3 Å². The molecule has 0 unspecified atom stereocenters. The Morgan fingerprint density at radius 1 is 1.10 bits per heavy atom. The van der Waals surface area contributed by atoms with Gasteiger partial charge in [0, 0.05) is 5.69 Å². The zero-order valence-electron chi connectivity index (χ0n) is 11.6. The molecule has 0 saturated carbocycles. The largest absolute Gasteiger partial charge is 0.497 e. The lowest BCUT2D eigenvalue weighted by atomic mass is 9.92. The lowest BCUT2D eigenvalue weighted by Crippen LogP contribution is -2.45. The van der Waals surface area contributed by atoms with E-state index >= 15 is 0 Å². The summed E-state index contributed by atoms with van der Waals surface area (Å²) in [5.41, 5.74) is 6.51. The standard InChI is InChI=1S/C16H18N2O2/c1-16(17,12-8-10-14(20-2)11-9-12)15(19)18-13-6-4-3-5-7-13/h3-11H,17H2,1-2H3,(H,18,19)/t16-/m0/s1. The number of para-hydroxylation sites is 1. The van der Waals surface area contributed by atoms with Gasteiger partial charge in [0.2, 0.25) is 5.91 Å². The van der Waals surface area contributed by atoms with E-state index in [4.69, 9.17) is 10.5 Å². The topological polar surface area (TPSA) is 64.3 Å². The van der Waals surface area contributed by atoms with Gasteiger partial charge in [0.05, 0.1) is 7.11 Å². The van der Waals surface area contributed by atoms with Crippen LogP contribution in [0, 0.1) is 0 Å². The molecule has 0 aromatic heterocycles. The normalized spacial score (nSPS) is 13.3. The molecule has 0 radical (unpaired) electrons. The molecular formula is C16H18N2O2. The van der Waals surface area contributed by atoms with Gasteiger partial charge in [0.15, 0.2) is 0 Å². The molecule has 0 heterocycles. The first-order valence-corrected chi connectivity index (χ1v) is 6.34. The van der Waals surface area contributed by atoms with Crippen molar-refractivity contribution < 1.29 is 9.53 Å². The summed E-state index contributed by atoms with van der Waals surface area (Å²) >= 11 is 0. The summed E-state index contributed by atoms with van der Waals surface area (Å²) in [6.07, 6.45) is 0. The number of carbonyl (C=O) groups is 1. The van der Waals surface area contributed by atoms with E-state index in [0.717, 1.165) is 17.0 Å². The van der Waals surface area contributed by atoms with Crippen LogP contribution in [0.3, 0.4) is 0 Å². The van der Waals surface area contributed by atoms with Gasteiger partial charge in [-0.25, -0.2) is 0 Å². The summed E-state index contributed by atoms with van der Waals surface area (Å²) in [5, 5.41) is 2.81. The minimum Gasteiger partial charge on any atom is -0.497 e. The Labute approximate surface area is 118 Å². The van der Waals surface area contributed by atoms with Gasteiger partial charge in [0.25, 0.3) is 0 Å². The van der Waals surface area contributed by atoms with Crippen LogP contribution in [0.5, 0.6) is 5.75 Å². The van der Waals surface area contributed by atoms with E-state index in [1.807, 2.05) is 30.3 Å². The molecule has 0 aliphatic heterocycles. The molecule has 0 saturated heterocycles. The molecule has 0 aliphatic carbocycles. The van der Waals surface area contributed by atoms with Crippen LogP contribution in [-0.4, -0.2) is 13.0 Å². The van der Waals surface area contributed by atoms with Gasteiger partial charge >= 0.3 is 0 Å². The van der Waals surface area contributed by atoms with E-state index in [9.17, 15) is 4.79 Å². The Bertz CT molecular complexity index is 577. The van der Waals surface area contributed by atoms with Crippen LogP contribution < -0.4 is 15.8 Å². The number of amides is 1. The molecule has 1 amide bonds. The summed E-state index contributed by atoms with van der Waals surface area (Å²) < 4.78 is 5.10. The van der Waals surface area contributed by atoms with Crippen LogP contribution >= 0.6 is 0 Å². The number of nitrogens with two attached hydrogens (primary N) is 1. The molecule has 4 heteroatoms. The molecule has 20 heavy (non-hydrogen) atoms. The number of methoxy groups -OCH3 is 1. The van der Waals surface area contributed by atoms with Crippen molar-refractivity contribution in [3.63, 3.8) is 0 Å². The Morgan fingerprint density at radius 3 is 2.25 bits per heavy atom. The molecule has 104 valence electrons. The lowest BCUT2D eigenvalue weighted by Gasteiger charge is -2.24. The molecule has 3 N–H and O–H groups in total. The minimum absolute atomic E-state index is 0.256. The van der Waals surface area contributed by atoms with Crippen molar-refractivity contribution >= 4 is 11.6 Å². The molecule has 2 aromatic carbocycles. The lowest BCUT2D eigenvalue weighted by molar-refractivity contribution is -0.120. The highest BCUT2D eigenvalue weighted by Gasteiger charge is 2.30. The van der Waals surface area contributed by atoms with Crippen molar-refractivity contribution in [2.24, 2.45) is 5.73 Å². The zero-order valence-corrected chi connectivity index (χ0v) is 11.6. The molecule has 2 aromatic rings. The second kappa shape index (κ2) is 5.75. The monoisotopic (exact) mass is 270 g/mol. The molecule has 2 rings (SSSR count). The second-order valence-corrected chi connectivity index (χ2v) is 4.75. The molecule has 0 aliphatic rings. The first-order valence-electron chi connectivity index (χ1n) is 6.34. The highest BCUT2D eigenvalue weighted by atomic mass is 16.5. The first kappa shape index (κ1) is 14.1. The fourth-order valence-corrected chi connectivity index (χ4v) is 1.85. The van der Waals surface area contributed by atoms with Gasteiger partial charge in [0.1, 0.15) is 11.3 Å². The Kier molecular flexibility index (Phi) is 4.05. The number of ether oxygens (including phenoxy) is 1. The summed E-state index contributed by atoms with van der Waals surface area (Å²) in [6, 6.07) is 16.4.